The van der Waals surface area contributed by atoms with E-state index in [1.807, 2.05) is 20.8 Å². The molecule has 164 valence electrons. The Bertz CT molecular complexity index is 874. The molecule has 0 spiro atoms. The van der Waals surface area contributed by atoms with Crippen molar-refractivity contribution in [1.82, 2.24) is 5.32 Å². The third-order valence-electron chi connectivity index (χ3n) is 4.35. The minimum absolute atomic E-state index is 0.222. The molecule has 0 bridgehead atoms. The van der Waals surface area contributed by atoms with Gasteiger partial charge in [0.15, 0.2) is 11.5 Å². The number of hydrogen-bond acceptors (Lipinski definition) is 4. The van der Waals surface area contributed by atoms with Gasteiger partial charge in [0.25, 0.3) is 0 Å². The van der Waals surface area contributed by atoms with E-state index in [0.717, 1.165) is 11.1 Å². The number of hydrogen-bond donors (Lipinski definition) is 2. The van der Waals surface area contributed by atoms with Crippen molar-refractivity contribution in [2.75, 3.05) is 6.61 Å². The molecule has 2 rings (SSSR count). The van der Waals surface area contributed by atoms with Crippen LogP contribution in [0.1, 0.15) is 38.3 Å². The maximum absolute atomic E-state index is 11.5. The zero-order valence-corrected chi connectivity index (χ0v) is 19.4. The highest BCUT2D eigenvalue weighted by Crippen LogP contribution is 2.35. The number of carboxylic acid groups (broad SMARTS) is 1. The van der Waals surface area contributed by atoms with Crippen LogP contribution in [0.15, 0.2) is 30.3 Å². The Balaban J connectivity index is 2.16. The van der Waals surface area contributed by atoms with Gasteiger partial charge in [-0.15, -0.1) is 0 Å². The summed E-state index contributed by atoms with van der Waals surface area (Å²) < 4.78 is 11.6. The summed E-state index contributed by atoms with van der Waals surface area (Å²) >= 11 is 18.6. The van der Waals surface area contributed by atoms with Crippen molar-refractivity contribution in [2.24, 2.45) is 5.92 Å². The lowest BCUT2D eigenvalue weighted by Gasteiger charge is -2.19. The molecule has 0 saturated carbocycles. The molecule has 1 unspecified atom stereocenters. The van der Waals surface area contributed by atoms with Crippen LogP contribution >= 0.6 is 34.8 Å². The van der Waals surface area contributed by atoms with Gasteiger partial charge in [-0.1, -0.05) is 54.7 Å². The third-order valence-corrected chi connectivity index (χ3v) is 5.29. The van der Waals surface area contributed by atoms with Crippen LogP contribution in [0, 0.1) is 5.92 Å². The summed E-state index contributed by atoms with van der Waals surface area (Å²) in [5.41, 5.74) is 1.51. The standard InChI is InChI=1S/C22H26Cl3NO4/c1-4-29-20-8-15(11-26-19(22(27)28)7-13(2)3)18(25)10-21(20)30-12-14-5-6-16(23)9-17(14)24/h5-6,8-10,13,19,26H,4,7,11-12H2,1-3H3,(H,27,28). The number of aliphatic carboxylic acids is 1. The molecule has 0 aliphatic heterocycles. The smallest absolute Gasteiger partial charge is 0.320 e. The van der Waals surface area contributed by atoms with Crippen molar-refractivity contribution >= 4 is 40.8 Å². The van der Waals surface area contributed by atoms with Gasteiger partial charge in [-0.05, 0) is 43.0 Å². The van der Waals surface area contributed by atoms with Crippen molar-refractivity contribution in [2.45, 2.75) is 46.4 Å². The summed E-state index contributed by atoms with van der Waals surface area (Å²) in [7, 11) is 0. The topological polar surface area (TPSA) is 67.8 Å². The molecular formula is C22H26Cl3NO4. The first kappa shape index (κ1) is 24.6. The summed E-state index contributed by atoms with van der Waals surface area (Å²) in [4.78, 5) is 11.5. The molecule has 0 heterocycles. The zero-order chi connectivity index (χ0) is 22.3. The Morgan fingerprint density at radius 3 is 2.30 bits per heavy atom. The fourth-order valence-electron chi connectivity index (χ4n) is 2.86. The lowest BCUT2D eigenvalue weighted by Crippen LogP contribution is -2.37. The van der Waals surface area contributed by atoms with Gasteiger partial charge in [0, 0.05) is 33.2 Å². The Hall–Kier alpha value is -1.66. The average molecular weight is 475 g/mol. The Kier molecular flexibility index (Phi) is 9.56. The van der Waals surface area contributed by atoms with Crippen LogP contribution in [0.2, 0.25) is 15.1 Å². The normalized spacial score (nSPS) is 12.1. The molecule has 2 aromatic rings. The highest BCUT2D eigenvalue weighted by molar-refractivity contribution is 6.35. The molecule has 2 N–H and O–H groups in total. The van der Waals surface area contributed by atoms with E-state index < -0.39 is 12.0 Å². The van der Waals surface area contributed by atoms with Crippen molar-refractivity contribution < 1.29 is 19.4 Å². The van der Waals surface area contributed by atoms with Gasteiger partial charge in [-0.3, -0.25) is 4.79 Å². The van der Waals surface area contributed by atoms with Gasteiger partial charge in [0.1, 0.15) is 12.6 Å². The Morgan fingerprint density at radius 2 is 1.70 bits per heavy atom. The van der Waals surface area contributed by atoms with Crippen molar-refractivity contribution in [3.63, 3.8) is 0 Å². The van der Waals surface area contributed by atoms with E-state index in [4.69, 9.17) is 44.3 Å². The van der Waals surface area contributed by atoms with Crippen LogP contribution in [0.4, 0.5) is 0 Å². The van der Waals surface area contributed by atoms with Crippen LogP contribution in [-0.4, -0.2) is 23.7 Å². The molecule has 30 heavy (non-hydrogen) atoms. The SMILES string of the molecule is CCOc1cc(CNC(CC(C)C)C(=O)O)c(Cl)cc1OCc1ccc(Cl)cc1Cl. The number of rotatable bonds is 11. The molecular weight excluding hydrogens is 449 g/mol. The fourth-order valence-corrected chi connectivity index (χ4v) is 3.55. The highest BCUT2D eigenvalue weighted by atomic mass is 35.5. The van der Waals surface area contributed by atoms with Gasteiger partial charge in [0.05, 0.1) is 6.61 Å². The molecule has 0 aromatic heterocycles. The number of carboxylic acids is 1. The van der Waals surface area contributed by atoms with Crippen LogP contribution < -0.4 is 14.8 Å². The van der Waals surface area contributed by atoms with E-state index >= 15 is 0 Å². The van der Waals surface area contributed by atoms with Crippen LogP contribution in [0.5, 0.6) is 11.5 Å². The van der Waals surface area contributed by atoms with E-state index in [1.165, 1.54) is 0 Å². The lowest BCUT2D eigenvalue weighted by molar-refractivity contribution is -0.140. The molecule has 0 fully saturated rings. The molecule has 0 radical (unpaired) electrons. The van der Waals surface area contributed by atoms with Gasteiger partial charge >= 0.3 is 5.97 Å². The first-order valence-electron chi connectivity index (χ1n) is 9.69. The van der Waals surface area contributed by atoms with E-state index in [0.29, 0.717) is 46.1 Å². The predicted molar refractivity (Wildman–Crippen MR) is 121 cm³/mol. The second-order valence-corrected chi connectivity index (χ2v) is 8.50. The molecule has 5 nitrogen and oxygen atoms in total. The zero-order valence-electron chi connectivity index (χ0n) is 17.2. The quantitative estimate of drug-likeness (QED) is 0.405. The predicted octanol–water partition coefficient (Wildman–Crippen LogP) is 6.21. The molecule has 2 aromatic carbocycles. The minimum Gasteiger partial charge on any atom is -0.490 e. The number of halogens is 3. The van der Waals surface area contributed by atoms with E-state index in [-0.39, 0.29) is 12.5 Å². The van der Waals surface area contributed by atoms with Crippen molar-refractivity contribution in [3.05, 3.63) is 56.5 Å². The summed E-state index contributed by atoms with van der Waals surface area (Å²) in [6.45, 7) is 6.80. The molecule has 0 aliphatic rings. The summed E-state index contributed by atoms with van der Waals surface area (Å²) in [6, 6.07) is 7.99. The molecule has 1 atom stereocenters. The third kappa shape index (κ3) is 7.24. The van der Waals surface area contributed by atoms with Gasteiger partial charge in [0.2, 0.25) is 0 Å². The maximum atomic E-state index is 11.5. The second-order valence-electron chi connectivity index (χ2n) is 7.25. The number of nitrogens with one attached hydrogen (secondary N) is 1. The van der Waals surface area contributed by atoms with Crippen LogP contribution in [0.3, 0.4) is 0 Å². The van der Waals surface area contributed by atoms with Crippen LogP contribution in [-0.2, 0) is 17.9 Å². The summed E-state index contributed by atoms with van der Waals surface area (Å²) in [5, 5.41) is 14.0. The number of benzene rings is 2. The van der Waals surface area contributed by atoms with E-state index in [2.05, 4.69) is 5.32 Å². The first-order chi connectivity index (χ1) is 14.2. The average Bonchev–Trinajstić information content (AvgIpc) is 2.66. The summed E-state index contributed by atoms with van der Waals surface area (Å²) in [6.07, 6.45) is 0.522. The molecule has 8 heteroatoms. The lowest BCUT2D eigenvalue weighted by atomic mass is 10.0. The minimum atomic E-state index is -0.885. The number of carbonyl (C=O) groups is 1. The highest BCUT2D eigenvalue weighted by Gasteiger charge is 2.19. The molecule has 0 saturated heterocycles. The van der Waals surface area contributed by atoms with Crippen LogP contribution in [0.25, 0.3) is 0 Å². The van der Waals surface area contributed by atoms with Crippen molar-refractivity contribution in [3.8, 4) is 11.5 Å². The van der Waals surface area contributed by atoms with Gasteiger partial charge in [-0.25, -0.2) is 0 Å². The second kappa shape index (κ2) is 11.7. The molecule has 0 aliphatic carbocycles. The van der Waals surface area contributed by atoms with Gasteiger partial charge in [-0.2, -0.15) is 0 Å². The first-order valence-corrected chi connectivity index (χ1v) is 10.8. The summed E-state index contributed by atoms with van der Waals surface area (Å²) in [5.74, 6) is 0.376. The van der Waals surface area contributed by atoms with E-state index in [9.17, 15) is 9.90 Å². The molecule has 0 amide bonds. The largest absolute Gasteiger partial charge is 0.490 e. The fraction of sp³-hybridized carbons (Fsp3) is 0.409. The Labute approximate surface area is 192 Å². The van der Waals surface area contributed by atoms with Gasteiger partial charge < -0.3 is 19.9 Å². The van der Waals surface area contributed by atoms with E-state index in [1.54, 1.807) is 30.3 Å². The van der Waals surface area contributed by atoms with Crippen molar-refractivity contribution in [1.29, 1.82) is 0 Å². The maximum Gasteiger partial charge on any atom is 0.320 e. The monoisotopic (exact) mass is 473 g/mol. The number of ether oxygens (including phenoxy) is 2. The Morgan fingerprint density at radius 1 is 1.03 bits per heavy atom.